The summed E-state index contributed by atoms with van der Waals surface area (Å²) in [6, 6.07) is 17.6. The number of hydrazone groups is 1. The highest BCUT2D eigenvalue weighted by Gasteiger charge is 2.15. The molecule has 0 atom stereocenters. The average molecular weight is 511 g/mol. The summed E-state index contributed by atoms with van der Waals surface area (Å²) in [5.74, 6) is 0.369. The van der Waals surface area contributed by atoms with Crippen molar-refractivity contribution in [2.45, 2.75) is 13.8 Å². The molecule has 33 heavy (non-hydrogen) atoms. The van der Waals surface area contributed by atoms with E-state index in [1.165, 1.54) is 13.3 Å². The molecule has 0 saturated carbocycles. The lowest BCUT2D eigenvalue weighted by molar-refractivity contribution is -0.123. The molecule has 8 heteroatoms. The number of amides is 1. The summed E-state index contributed by atoms with van der Waals surface area (Å²) >= 11 is 3.34. The summed E-state index contributed by atoms with van der Waals surface area (Å²) < 4.78 is 17.0. The lowest BCUT2D eigenvalue weighted by atomic mass is 10.1. The fourth-order valence-electron chi connectivity index (χ4n) is 2.87. The summed E-state index contributed by atoms with van der Waals surface area (Å²) in [5, 5.41) is 3.94. The van der Waals surface area contributed by atoms with Crippen LogP contribution in [0, 0.1) is 13.8 Å². The number of aryl methyl sites for hydroxylation is 1. The molecule has 0 unspecified atom stereocenters. The predicted octanol–water partition coefficient (Wildman–Crippen LogP) is 4.82. The van der Waals surface area contributed by atoms with Crippen LogP contribution in [0.4, 0.5) is 0 Å². The van der Waals surface area contributed by atoms with Crippen LogP contribution in [0.25, 0.3) is 0 Å². The van der Waals surface area contributed by atoms with E-state index in [1.54, 1.807) is 36.4 Å². The maximum Gasteiger partial charge on any atom is 0.344 e. The summed E-state index contributed by atoms with van der Waals surface area (Å²) in [4.78, 5) is 24.5. The number of esters is 1. The standard InChI is InChI=1S/C25H23BrN2O5/c1-16-7-6-10-21(17(16)2)32-15-24(29)28-27-14-18-11-12-22(23(13-18)31-3)33-25(30)19-8-4-5-9-20(19)26/h4-14H,15H2,1-3H3,(H,28,29)/b27-14-. The van der Waals surface area contributed by atoms with Crippen LogP contribution in [0.2, 0.25) is 0 Å². The normalized spacial score (nSPS) is 10.7. The molecule has 3 rings (SSSR count). The second-order valence-corrected chi connectivity index (χ2v) is 7.91. The minimum atomic E-state index is -0.515. The Morgan fingerprint density at radius 3 is 2.55 bits per heavy atom. The zero-order valence-electron chi connectivity index (χ0n) is 18.4. The molecule has 0 aliphatic carbocycles. The molecule has 0 spiro atoms. The zero-order valence-corrected chi connectivity index (χ0v) is 20.0. The van der Waals surface area contributed by atoms with Gasteiger partial charge in [-0.3, -0.25) is 4.79 Å². The van der Waals surface area contributed by atoms with E-state index in [0.717, 1.165) is 11.1 Å². The Morgan fingerprint density at radius 2 is 1.79 bits per heavy atom. The molecule has 3 aromatic rings. The van der Waals surface area contributed by atoms with E-state index >= 15 is 0 Å². The highest BCUT2D eigenvalue weighted by Crippen LogP contribution is 2.29. The predicted molar refractivity (Wildman–Crippen MR) is 129 cm³/mol. The number of benzene rings is 3. The van der Waals surface area contributed by atoms with Crippen LogP contribution in [0.15, 0.2) is 70.2 Å². The number of methoxy groups -OCH3 is 1. The molecule has 7 nitrogen and oxygen atoms in total. The minimum absolute atomic E-state index is 0.158. The zero-order chi connectivity index (χ0) is 23.8. The lowest BCUT2D eigenvalue weighted by Crippen LogP contribution is -2.24. The van der Waals surface area contributed by atoms with Gasteiger partial charge in [0.2, 0.25) is 0 Å². The third-order valence-corrected chi connectivity index (χ3v) is 5.49. The molecule has 0 radical (unpaired) electrons. The number of nitrogens with zero attached hydrogens (tertiary/aromatic N) is 1. The Balaban J connectivity index is 1.58. The Labute approximate surface area is 200 Å². The number of hydrogen-bond donors (Lipinski definition) is 1. The molecule has 0 saturated heterocycles. The number of carbonyl (C=O) groups excluding carboxylic acids is 2. The van der Waals surface area contributed by atoms with Crippen molar-refractivity contribution in [3.8, 4) is 17.2 Å². The third-order valence-electron chi connectivity index (χ3n) is 4.80. The van der Waals surface area contributed by atoms with Crippen LogP contribution in [0.3, 0.4) is 0 Å². The number of nitrogens with one attached hydrogen (secondary N) is 1. The van der Waals surface area contributed by atoms with Gasteiger partial charge in [-0.1, -0.05) is 24.3 Å². The van der Waals surface area contributed by atoms with Crippen molar-refractivity contribution in [2.75, 3.05) is 13.7 Å². The smallest absolute Gasteiger partial charge is 0.344 e. The van der Waals surface area contributed by atoms with Gasteiger partial charge in [-0.25, -0.2) is 10.2 Å². The van der Waals surface area contributed by atoms with Gasteiger partial charge < -0.3 is 14.2 Å². The number of hydrogen-bond acceptors (Lipinski definition) is 6. The number of halogens is 1. The first-order chi connectivity index (χ1) is 15.9. The second kappa shape index (κ2) is 11.3. The van der Waals surface area contributed by atoms with Crippen molar-refractivity contribution in [2.24, 2.45) is 5.10 Å². The van der Waals surface area contributed by atoms with Crippen LogP contribution in [-0.4, -0.2) is 31.8 Å². The molecular formula is C25H23BrN2O5. The summed E-state index contributed by atoms with van der Waals surface area (Å²) in [7, 11) is 1.47. The molecule has 0 heterocycles. The molecule has 170 valence electrons. The van der Waals surface area contributed by atoms with E-state index in [1.807, 2.05) is 38.1 Å². The van der Waals surface area contributed by atoms with Crippen LogP contribution < -0.4 is 19.6 Å². The maximum atomic E-state index is 12.4. The van der Waals surface area contributed by atoms with E-state index in [-0.39, 0.29) is 12.4 Å². The van der Waals surface area contributed by atoms with E-state index in [9.17, 15) is 9.59 Å². The Hall–Kier alpha value is -3.65. The number of carbonyl (C=O) groups is 2. The van der Waals surface area contributed by atoms with Crippen LogP contribution in [-0.2, 0) is 4.79 Å². The van der Waals surface area contributed by atoms with Gasteiger partial charge in [0.15, 0.2) is 18.1 Å². The number of rotatable bonds is 8. The molecule has 1 N–H and O–H groups in total. The molecule has 0 aromatic heterocycles. The summed E-state index contributed by atoms with van der Waals surface area (Å²) in [5.41, 5.74) is 5.54. The van der Waals surface area contributed by atoms with Gasteiger partial charge in [0.05, 0.1) is 18.9 Å². The van der Waals surface area contributed by atoms with Gasteiger partial charge >= 0.3 is 5.97 Å². The summed E-state index contributed by atoms with van der Waals surface area (Å²) in [6.07, 6.45) is 1.46. The van der Waals surface area contributed by atoms with E-state index in [4.69, 9.17) is 14.2 Å². The van der Waals surface area contributed by atoms with Gasteiger partial charge in [-0.05, 0) is 82.9 Å². The molecule has 0 fully saturated rings. The molecule has 3 aromatic carbocycles. The first-order valence-electron chi connectivity index (χ1n) is 10.0. The van der Waals surface area contributed by atoms with Crippen molar-refractivity contribution >= 4 is 34.0 Å². The van der Waals surface area contributed by atoms with Crippen LogP contribution >= 0.6 is 15.9 Å². The highest BCUT2D eigenvalue weighted by molar-refractivity contribution is 9.10. The third kappa shape index (κ3) is 6.43. The van der Waals surface area contributed by atoms with E-state index in [2.05, 4.69) is 26.5 Å². The highest BCUT2D eigenvalue weighted by atomic mass is 79.9. The second-order valence-electron chi connectivity index (χ2n) is 7.06. The monoisotopic (exact) mass is 510 g/mol. The molecule has 0 bridgehead atoms. The Bertz CT molecular complexity index is 1190. The van der Waals surface area contributed by atoms with E-state index < -0.39 is 11.9 Å². The van der Waals surface area contributed by atoms with Gasteiger partial charge in [0.25, 0.3) is 5.91 Å². The average Bonchev–Trinajstić information content (AvgIpc) is 2.81. The maximum absolute atomic E-state index is 12.4. The van der Waals surface area contributed by atoms with Gasteiger partial charge in [0, 0.05) is 4.47 Å². The first kappa shape index (κ1) is 24.0. The minimum Gasteiger partial charge on any atom is -0.493 e. The lowest BCUT2D eigenvalue weighted by Gasteiger charge is -2.11. The van der Waals surface area contributed by atoms with E-state index in [0.29, 0.717) is 27.1 Å². The summed E-state index contributed by atoms with van der Waals surface area (Å²) in [6.45, 7) is 3.76. The number of ether oxygens (including phenoxy) is 3. The van der Waals surface area contributed by atoms with Gasteiger partial charge in [0.1, 0.15) is 5.75 Å². The van der Waals surface area contributed by atoms with Gasteiger partial charge in [-0.2, -0.15) is 5.10 Å². The topological polar surface area (TPSA) is 86.2 Å². The van der Waals surface area contributed by atoms with Crippen LogP contribution in [0.5, 0.6) is 17.2 Å². The van der Waals surface area contributed by atoms with Crippen molar-refractivity contribution in [1.29, 1.82) is 0 Å². The fraction of sp³-hybridized carbons (Fsp3) is 0.160. The quantitative estimate of drug-likeness (QED) is 0.203. The van der Waals surface area contributed by atoms with Crippen molar-refractivity contribution in [3.05, 3.63) is 87.4 Å². The Kier molecular flexibility index (Phi) is 8.21. The SMILES string of the molecule is COc1cc(/C=N\NC(=O)COc2cccc(C)c2C)ccc1OC(=O)c1ccccc1Br. The molecule has 1 amide bonds. The van der Waals surface area contributed by atoms with Crippen molar-refractivity contribution in [1.82, 2.24) is 5.43 Å². The molecule has 0 aliphatic rings. The fourth-order valence-corrected chi connectivity index (χ4v) is 3.31. The van der Waals surface area contributed by atoms with Crippen molar-refractivity contribution in [3.63, 3.8) is 0 Å². The largest absolute Gasteiger partial charge is 0.493 e. The van der Waals surface area contributed by atoms with Gasteiger partial charge in [-0.15, -0.1) is 0 Å². The van der Waals surface area contributed by atoms with Crippen LogP contribution in [0.1, 0.15) is 27.0 Å². The molecular weight excluding hydrogens is 488 g/mol. The molecule has 0 aliphatic heterocycles. The van der Waals surface area contributed by atoms with Crippen molar-refractivity contribution < 1.29 is 23.8 Å². The first-order valence-corrected chi connectivity index (χ1v) is 10.8. The Morgan fingerprint density at radius 1 is 1.00 bits per heavy atom.